The maximum absolute atomic E-state index is 3.04. The summed E-state index contributed by atoms with van der Waals surface area (Å²) in [5.74, 6) is 0. The molecule has 0 N–H and O–H groups in total. The van der Waals surface area contributed by atoms with Crippen LogP contribution in [0.4, 0.5) is 0 Å². The van der Waals surface area contributed by atoms with E-state index in [0.717, 1.165) is 0 Å². The van der Waals surface area contributed by atoms with E-state index in [2.05, 4.69) is 120 Å². The highest BCUT2D eigenvalue weighted by atomic mass is 127. The third kappa shape index (κ3) is 3.09. The average molecular weight is 463 g/mol. The van der Waals surface area contributed by atoms with Gasteiger partial charge < -0.3 is 0 Å². The maximum Gasteiger partial charge on any atom is 0.139 e. The first kappa shape index (κ1) is 20.6. The molecule has 0 aliphatic heterocycles. The highest BCUT2D eigenvalue weighted by molar-refractivity contribution is 14.1. The lowest BCUT2D eigenvalue weighted by atomic mass is 10.2. The molecule has 0 amide bonds. The van der Waals surface area contributed by atoms with Crippen LogP contribution in [-0.2, 0) is 0 Å². The van der Waals surface area contributed by atoms with Crippen molar-refractivity contribution < 1.29 is 0 Å². The van der Waals surface area contributed by atoms with Crippen LogP contribution in [0.2, 0.25) is 36.3 Å². The molecule has 0 saturated carbocycles. The molecule has 126 valence electrons. The Morgan fingerprint density at radius 3 is 1.27 bits per heavy atom. The SMILES string of the molecule is CC(C)(C)[Si](C)(C)[Si](I)(c1ccccc1)[Si](C)(C)C(C)(C)C. The van der Waals surface area contributed by atoms with Gasteiger partial charge in [-0.3, -0.25) is 0 Å². The van der Waals surface area contributed by atoms with Gasteiger partial charge in [0.1, 0.15) is 4.61 Å². The van der Waals surface area contributed by atoms with Crippen molar-refractivity contribution in [3.05, 3.63) is 30.3 Å². The lowest BCUT2D eigenvalue weighted by molar-refractivity contribution is 0.727. The normalized spacial score (nSPS) is 15.0. The van der Waals surface area contributed by atoms with Crippen molar-refractivity contribution in [2.45, 2.75) is 77.8 Å². The number of rotatable bonds is 3. The molecule has 0 radical (unpaired) electrons. The third-order valence-corrected chi connectivity index (χ3v) is 72.7. The predicted molar refractivity (Wildman–Crippen MR) is 120 cm³/mol. The van der Waals surface area contributed by atoms with Gasteiger partial charge in [0.15, 0.2) is 0 Å². The van der Waals surface area contributed by atoms with E-state index in [-0.39, 0.29) is 0 Å². The van der Waals surface area contributed by atoms with Crippen molar-refractivity contribution in [1.29, 1.82) is 0 Å². The summed E-state index contributed by atoms with van der Waals surface area (Å²) < 4.78 is -1.60. The summed E-state index contributed by atoms with van der Waals surface area (Å²) in [5.41, 5.74) is 0. The van der Waals surface area contributed by atoms with Crippen molar-refractivity contribution in [2.24, 2.45) is 0 Å². The molecule has 1 rings (SSSR count). The van der Waals surface area contributed by atoms with Gasteiger partial charge in [0, 0.05) is 0 Å². The van der Waals surface area contributed by atoms with Crippen molar-refractivity contribution in [1.82, 2.24) is 0 Å². The lowest BCUT2D eigenvalue weighted by Gasteiger charge is -2.58. The molecule has 0 bridgehead atoms. The minimum absolute atomic E-state index is 0.436. The van der Waals surface area contributed by atoms with Gasteiger partial charge in [-0.1, -0.05) is 103 Å². The Morgan fingerprint density at radius 2 is 1.00 bits per heavy atom. The summed E-state index contributed by atoms with van der Waals surface area (Å²) in [6, 6.07) is 11.6. The monoisotopic (exact) mass is 462 g/mol. The molecule has 22 heavy (non-hydrogen) atoms. The molecule has 0 aromatic heterocycles. The van der Waals surface area contributed by atoms with Crippen LogP contribution < -0.4 is 5.19 Å². The Kier molecular flexibility index (Phi) is 5.77. The van der Waals surface area contributed by atoms with Crippen LogP contribution in [0.1, 0.15) is 41.5 Å². The van der Waals surface area contributed by atoms with E-state index >= 15 is 0 Å². The highest BCUT2D eigenvalue weighted by Gasteiger charge is 2.65. The third-order valence-electron chi connectivity index (χ3n) is 6.64. The van der Waals surface area contributed by atoms with E-state index in [1.54, 1.807) is 5.19 Å². The second kappa shape index (κ2) is 6.15. The van der Waals surface area contributed by atoms with Gasteiger partial charge in [-0.25, -0.2) is 0 Å². The molecule has 4 heteroatoms. The first-order valence-corrected chi connectivity index (χ1v) is 21.5. The highest BCUT2D eigenvalue weighted by Crippen LogP contribution is 2.53. The largest absolute Gasteiger partial charge is 0.139 e. The van der Waals surface area contributed by atoms with E-state index in [0.29, 0.717) is 10.1 Å². The molecule has 0 spiro atoms. The van der Waals surface area contributed by atoms with E-state index < -0.39 is 19.8 Å². The smallest absolute Gasteiger partial charge is 0.120 e. The molecular formula is C18H35ISi3. The standard InChI is InChI=1S/C18H35ISi3/c1-17(2,3)20(7,8)22(19,16-14-12-11-13-15-16)21(9,10)18(4,5)6/h11-15H,1-10H3. The van der Waals surface area contributed by atoms with Gasteiger partial charge in [0.2, 0.25) is 0 Å². The van der Waals surface area contributed by atoms with Crippen molar-refractivity contribution in [2.75, 3.05) is 0 Å². The van der Waals surface area contributed by atoms with Crippen molar-refractivity contribution in [3.8, 4) is 0 Å². The molecule has 0 heterocycles. The fourth-order valence-corrected chi connectivity index (χ4v) is 61.6. The Hall–Kier alpha value is 0.601. The fourth-order valence-electron chi connectivity index (χ4n) is 3.20. The molecule has 1 aromatic rings. The van der Waals surface area contributed by atoms with E-state index in [1.165, 1.54) is 0 Å². The van der Waals surface area contributed by atoms with Gasteiger partial charge in [-0.2, -0.15) is 0 Å². The van der Waals surface area contributed by atoms with Gasteiger partial charge in [0.25, 0.3) is 0 Å². The van der Waals surface area contributed by atoms with Gasteiger partial charge in [0.05, 0.1) is 15.2 Å². The predicted octanol–water partition coefficient (Wildman–Crippen LogP) is 6.45. The Bertz CT molecular complexity index is 481. The first-order chi connectivity index (χ1) is 9.61. The van der Waals surface area contributed by atoms with Crippen LogP contribution in [0.15, 0.2) is 30.3 Å². The van der Waals surface area contributed by atoms with Gasteiger partial charge in [-0.15, -0.1) is 21.8 Å². The number of benzene rings is 1. The zero-order chi connectivity index (χ0) is 17.6. The van der Waals surface area contributed by atoms with E-state index in [1.807, 2.05) is 0 Å². The number of hydrogen-bond donors (Lipinski definition) is 0. The number of halogens is 1. The molecule has 1 aromatic carbocycles. The molecule has 0 fully saturated rings. The zero-order valence-corrected chi connectivity index (χ0v) is 21.4. The molecular weight excluding hydrogens is 427 g/mol. The molecule has 0 atom stereocenters. The molecule has 0 aliphatic carbocycles. The van der Waals surface area contributed by atoms with Crippen LogP contribution >= 0.6 is 21.8 Å². The second-order valence-corrected chi connectivity index (χ2v) is 45.6. The van der Waals surface area contributed by atoms with Crippen LogP contribution in [0.25, 0.3) is 0 Å². The van der Waals surface area contributed by atoms with Crippen LogP contribution in [-0.4, -0.2) is 19.8 Å². The van der Waals surface area contributed by atoms with Crippen molar-refractivity contribution >= 4 is 46.8 Å². The van der Waals surface area contributed by atoms with Gasteiger partial charge >= 0.3 is 0 Å². The van der Waals surface area contributed by atoms with Crippen molar-refractivity contribution in [3.63, 3.8) is 0 Å². The Morgan fingerprint density at radius 1 is 0.682 bits per heavy atom. The van der Waals surface area contributed by atoms with Crippen LogP contribution in [0, 0.1) is 0 Å². The minimum Gasteiger partial charge on any atom is -0.120 e. The topological polar surface area (TPSA) is 0 Å². The molecule has 0 nitrogen and oxygen atoms in total. The summed E-state index contributed by atoms with van der Waals surface area (Å²) in [6.07, 6.45) is 0. The lowest BCUT2D eigenvalue weighted by Crippen LogP contribution is -2.80. The summed E-state index contributed by atoms with van der Waals surface area (Å²) >= 11 is 3.04. The second-order valence-electron chi connectivity index (χ2n) is 9.77. The first-order valence-electron chi connectivity index (χ1n) is 8.35. The average Bonchev–Trinajstić information content (AvgIpc) is 2.35. The summed E-state index contributed by atoms with van der Waals surface area (Å²) in [4.78, 5) is 0. The van der Waals surface area contributed by atoms with Crippen LogP contribution in [0.3, 0.4) is 0 Å². The molecule has 0 aliphatic rings. The Labute approximate surface area is 154 Å². The fraction of sp³-hybridized carbons (Fsp3) is 0.667. The molecule has 0 unspecified atom stereocenters. The zero-order valence-electron chi connectivity index (χ0n) is 16.3. The van der Waals surface area contributed by atoms with Gasteiger partial charge in [-0.05, 0) is 10.1 Å². The van der Waals surface area contributed by atoms with E-state index in [9.17, 15) is 0 Å². The summed E-state index contributed by atoms with van der Waals surface area (Å²) in [7, 11) is -2.91. The van der Waals surface area contributed by atoms with Crippen LogP contribution in [0.5, 0.6) is 0 Å². The number of hydrogen-bond acceptors (Lipinski definition) is 0. The summed E-state index contributed by atoms with van der Waals surface area (Å²) in [5, 5.41) is 2.58. The molecule has 0 saturated heterocycles. The quantitative estimate of drug-likeness (QED) is 0.275. The Balaban J connectivity index is 3.76. The minimum atomic E-state index is -1.60. The summed E-state index contributed by atoms with van der Waals surface area (Å²) in [6.45, 7) is 25.7. The maximum atomic E-state index is 3.04. The van der Waals surface area contributed by atoms with E-state index in [4.69, 9.17) is 0 Å².